The van der Waals surface area contributed by atoms with Gasteiger partial charge in [0.25, 0.3) is 0 Å². The molecule has 4 aliphatic carbocycles. The first kappa shape index (κ1) is 43.0. The molecule has 0 N–H and O–H groups in total. The molecular weight excluding hydrogens is 887 g/mol. The average Bonchev–Trinajstić information content (AvgIpc) is 4.05. The molecule has 9 aromatic carbocycles. The van der Waals surface area contributed by atoms with E-state index in [2.05, 4.69) is 207 Å². The van der Waals surface area contributed by atoms with Crippen molar-refractivity contribution in [2.45, 2.75) is 101 Å². The van der Waals surface area contributed by atoms with Crippen LogP contribution in [0.4, 0.5) is 17.1 Å². The number of furan rings is 1. The van der Waals surface area contributed by atoms with Crippen LogP contribution in [0.15, 0.2) is 192 Å². The van der Waals surface area contributed by atoms with E-state index < -0.39 is 5.41 Å². The van der Waals surface area contributed by atoms with Crippen LogP contribution in [0.5, 0.6) is 11.5 Å². The Bertz CT molecular complexity index is 3790. The van der Waals surface area contributed by atoms with Crippen molar-refractivity contribution >= 4 is 39.0 Å². The predicted molar refractivity (Wildman–Crippen MR) is 300 cm³/mol. The van der Waals surface area contributed by atoms with Crippen molar-refractivity contribution in [3.8, 4) is 44.9 Å². The minimum Gasteiger partial charge on any atom is -0.457 e. The van der Waals surface area contributed by atoms with Crippen molar-refractivity contribution in [2.75, 3.05) is 4.90 Å². The van der Waals surface area contributed by atoms with E-state index in [-0.39, 0.29) is 5.41 Å². The fourth-order valence-electron chi connectivity index (χ4n) is 14.6. The number of rotatable bonds is 6. The van der Waals surface area contributed by atoms with Crippen LogP contribution < -0.4 is 9.64 Å². The van der Waals surface area contributed by atoms with Crippen LogP contribution in [0.25, 0.3) is 55.3 Å². The molecule has 2 saturated carbocycles. The Balaban J connectivity index is 1.00. The summed E-state index contributed by atoms with van der Waals surface area (Å²) in [5.74, 6) is 2.99. The van der Waals surface area contributed by atoms with Crippen molar-refractivity contribution in [3.05, 3.63) is 233 Å². The normalized spacial score (nSPS) is 17.1. The first-order chi connectivity index (χ1) is 35.9. The maximum atomic E-state index is 7.20. The second-order valence-corrected chi connectivity index (χ2v) is 22.3. The predicted octanol–water partition coefficient (Wildman–Crippen LogP) is 19.6. The Morgan fingerprint density at radius 1 is 0.397 bits per heavy atom. The van der Waals surface area contributed by atoms with Crippen LogP contribution in [0.1, 0.15) is 134 Å². The molecule has 1 aliphatic heterocycles. The molecular formula is C70H59NO2. The molecule has 10 aromatic rings. The van der Waals surface area contributed by atoms with Gasteiger partial charge in [-0.05, 0) is 142 Å². The van der Waals surface area contributed by atoms with Crippen molar-refractivity contribution in [1.82, 2.24) is 0 Å². The molecule has 0 atom stereocenters. The Kier molecular flexibility index (Phi) is 9.69. The fraction of sp³-hybridized carbons (Fsp3) is 0.229. The van der Waals surface area contributed by atoms with Crippen LogP contribution >= 0.6 is 0 Å². The van der Waals surface area contributed by atoms with Crippen LogP contribution in [-0.4, -0.2) is 0 Å². The van der Waals surface area contributed by atoms with Gasteiger partial charge >= 0.3 is 0 Å². The van der Waals surface area contributed by atoms with Crippen molar-refractivity contribution < 1.29 is 9.15 Å². The molecule has 3 heteroatoms. The zero-order chi connectivity index (χ0) is 48.4. The summed E-state index contributed by atoms with van der Waals surface area (Å²) in [6.07, 6.45) is 12.9. The SMILES string of the molecule is CC1(C)c2ccccc2-c2ccc(N(c3ccc4c(c3)C3(c5ccccc5O4)c4cc(C5CCCCC5)ccc4-c4ccc(C5CCCCC5)cc43)c3ccccc3-c3cccc4c3oc3ccccc34)cc21. The first-order valence-corrected chi connectivity index (χ1v) is 27.2. The molecule has 15 rings (SSSR count). The summed E-state index contributed by atoms with van der Waals surface area (Å²) in [6.45, 7) is 4.77. The lowest BCUT2D eigenvalue weighted by molar-refractivity contribution is 0.433. The lowest BCUT2D eigenvalue weighted by Crippen LogP contribution is -2.33. The third-order valence-corrected chi connectivity index (χ3v) is 18.1. The summed E-state index contributed by atoms with van der Waals surface area (Å²) >= 11 is 0. The van der Waals surface area contributed by atoms with Gasteiger partial charge in [0.1, 0.15) is 22.7 Å². The number of benzene rings is 9. The van der Waals surface area contributed by atoms with E-state index in [1.165, 1.54) is 131 Å². The largest absolute Gasteiger partial charge is 0.457 e. The third kappa shape index (κ3) is 6.37. The molecule has 0 amide bonds. The average molecular weight is 946 g/mol. The Morgan fingerprint density at radius 3 is 1.67 bits per heavy atom. The third-order valence-electron chi connectivity index (χ3n) is 18.1. The van der Waals surface area contributed by atoms with E-state index in [4.69, 9.17) is 9.15 Å². The summed E-state index contributed by atoms with van der Waals surface area (Å²) in [7, 11) is 0. The minimum atomic E-state index is -0.618. The second-order valence-electron chi connectivity index (χ2n) is 22.3. The highest BCUT2D eigenvalue weighted by molar-refractivity contribution is 6.11. The van der Waals surface area contributed by atoms with Gasteiger partial charge in [0.05, 0.1) is 11.1 Å². The molecule has 356 valence electrons. The van der Waals surface area contributed by atoms with E-state index in [9.17, 15) is 0 Å². The van der Waals surface area contributed by atoms with Crippen molar-refractivity contribution in [2.24, 2.45) is 0 Å². The maximum absolute atomic E-state index is 7.20. The van der Waals surface area contributed by atoms with Gasteiger partial charge in [-0.2, -0.15) is 0 Å². The number of nitrogens with zero attached hydrogens (tertiary/aromatic N) is 1. The maximum Gasteiger partial charge on any atom is 0.143 e. The summed E-state index contributed by atoms with van der Waals surface area (Å²) in [5, 5.41) is 2.25. The fourth-order valence-corrected chi connectivity index (χ4v) is 14.6. The molecule has 0 radical (unpaired) electrons. The number of hydrogen-bond acceptors (Lipinski definition) is 3. The summed E-state index contributed by atoms with van der Waals surface area (Å²) in [4.78, 5) is 2.53. The zero-order valence-corrected chi connectivity index (χ0v) is 41.9. The quantitative estimate of drug-likeness (QED) is 0.166. The minimum absolute atomic E-state index is 0.187. The summed E-state index contributed by atoms with van der Waals surface area (Å²) < 4.78 is 14.0. The number of fused-ring (bicyclic) bond motifs is 15. The van der Waals surface area contributed by atoms with Gasteiger partial charge in [-0.25, -0.2) is 0 Å². The number of ether oxygens (including phenoxy) is 1. The topological polar surface area (TPSA) is 25.6 Å². The lowest BCUT2D eigenvalue weighted by Gasteiger charge is -2.41. The first-order valence-electron chi connectivity index (χ1n) is 27.2. The number of anilines is 3. The molecule has 1 aromatic heterocycles. The highest BCUT2D eigenvalue weighted by Crippen LogP contribution is 2.64. The van der Waals surface area contributed by atoms with Crippen LogP contribution in [0, 0.1) is 0 Å². The van der Waals surface area contributed by atoms with Crippen LogP contribution in [-0.2, 0) is 10.8 Å². The molecule has 2 fully saturated rings. The van der Waals surface area contributed by atoms with Crippen molar-refractivity contribution in [3.63, 3.8) is 0 Å². The lowest BCUT2D eigenvalue weighted by atomic mass is 9.65. The standard InChI is InChI=1S/C70H59NO2/c1-69(2)58-27-12-9-22-50(58)51-38-34-48(42-60(51)69)71(64-29-14-10-23-54(64)56-25-17-26-57-55-24-11-15-30-65(55)73-68(56)57)49-35-39-67-63(43-49)70(59-28-13-16-31-66(59)72-67)61-40-46(44-18-5-3-6-19-44)32-36-52(61)53-37-33-47(41-62(53)70)45-20-7-4-8-21-45/h9-17,22-45H,3-8,18-21H2,1-2H3. The number of para-hydroxylation sites is 4. The summed E-state index contributed by atoms with van der Waals surface area (Å²) in [6, 6.07) is 71.4. The molecule has 1 spiro atoms. The number of hydrogen-bond donors (Lipinski definition) is 0. The van der Waals surface area contributed by atoms with Gasteiger partial charge in [-0.15, -0.1) is 0 Å². The smallest absolute Gasteiger partial charge is 0.143 e. The van der Waals surface area contributed by atoms with Crippen molar-refractivity contribution in [1.29, 1.82) is 0 Å². The highest BCUT2D eigenvalue weighted by atomic mass is 16.5. The van der Waals surface area contributed by atoms with E-state index in [1.54, 1.807) is 0 Å². The Morgan fingerprint density at radius 2 is 0.932 bits per heavy atom. The van der Waals surface area contributed by atoms with E-state index in [0.29, 0.717) is 11.8 Å². The zero-order valence-electron chi connectivity index (χ0n) is 41.9. The molecule has 2 heterocycles. The van der Waals surface area contributed by atoms with Gasteiger partial charge < -0.3 is 14.1 Å². The molecule has 0 bridgehead atoms. The van der Waals surface area contributed by atoms with Crippen LogP contribution in [0.2, 0.25) is 0 Å². The monoisotopic (exact) mass is 945 g/mol. The second kappa shape index (κ2) is 16.5. The Hall–Kier alpha value is -7.62. The van der Waals surface area contributed by atoms with E-state index in [0.717, 1.165) is 61.6 Å². The van der Waals surface area contributed by atoms with E-state index in [1.807, 2.05) is 0 Å². The van der Waals surface area contributed by atoms with Gasteiger partial charge in [0.2, 0.25) is 0 Å². The Labute approximate surface area is 429 Å². The van der Waals surface area contributed by atoms with Gasteiger partial charge in [0.15, 0.2) is 0 Å². The molecule has 73 heavy (non-hydrogen) atoms. The highest BCUT2D eigenvalue weighted by Gasteiger charge is 2.52. The van der Waals surface area contributed by atoms with Gasteiger partial charge in [0, 0.05) is 49.8 Å². The molecule has 0 unspecified atom stereocenters. The molecule has 0 saturated heterocycles. The summed E-state index contributed by atoms with van der Waals surface area (Å²) in [5.41, 5.74) is 22.6. The van der Waals surface area contributed by atoms with E-state index >= 15 is 0 Å². The van der Waals surface area contributed by atoms with Gasteiger partial charge in [-0.1, -0.05) is 192 Å². The molecule has 5 aliphatic rings. The van der Waals surface area contributed by atoms with Gasteiger partial charge in [-0.3, -0.25) is 0 Å². The van der Waals surface area contributed by atoms with Crippen LogP contribution in [0.3, 0.4) is 0 Å². The molecule has 3 nitrogen and oxygen atoms in total.